The summed E-state index contributed by atoms with van der Waals surface area (Å²) in [5, 5.41) is 3.00. The van der Waals surface area contributed by atoms with E-state index in [0.717, 1.165) is 50.4 Å². The first kappa shape index (κ1) is 16.5. The average molecular weight is 320 g/mol. The first-order valence-electron chi connectivity index (χ1n) is 8.76. The van der Waals surface area contributed by atoms with Crippen molar-refractivity contribution in [2.75, 3.05) is 32.8 Å². The summed E-state index contributed by atoms with van der Waals surface area (Å²) >= 11 is 0. The SMILES string of the molecule is Cc1ccc(C(C)CCN2CCC3(CC2)CNC(=O)CCO3)o1. The molecule has 3 heterocycles. The number of ether oxygens (including phenoxy) is 1. The third-order valence-corrected chi connectivity index (χ3v) is 5.24. The van der Waals surface area contributed by atoms with E-state index in [0.29, 0.717) is 25.5 Å². The molecular weight excluding hydrogens is 292 g/mol. The van der Waals surface area contributed by atoms with Gasteiger partial charge in [0.25, 0.3) is 0 Å². The van der Waals surface area contributed by atoms with E-state index in [4.69, 9.17) is 9.15 Å². The number of hydrogen-bond acceptors (Lipinski definition) is 4. The number of rotatable bonds is 4. The van der Waals surface area contributed by atoms with Crippen LogP contribution in [0.5, 0.6) is 0 Å². The third kappa shape index (κ3) is 4.15. The summed E-state index contributed by atoms with van der Waals surface area (Å²) in [7, 11) is 0. The second-order valence-corrected chi connectivity index (χ2v) is 7.04. The first-order chi connectivity index (χ1) is 11.1. The number of hydrogen-bond donors (Lipinski definition) is 1. The zero-order valence-corrected chi connectivity index (χ0v) is 14.3. The van der Waals surface area contributed by atoms with Crippen molar-refractivity contribution in [2.45, 2.75) is 51.0 Å². The molecule has 3 rings (SSSR count). The van der Waals surface area contributed by atoms with Crippen LogP contribution in [0.1, 0.15) is 50.0 Å². The molecule has 0 saturated carbocycles. The van der Waals surface area contributed by atoms with Gasteiger partial charge in [0.2, 0.25) is 5.91 Å². The molecule has 0 aromatic carbocycles. The Morgan fingerprint density at radius 3 is 2.83 bits per heavy atom. The highest BCUT2D eigenvalue weighted by Crippen LogP contribution is 2.28. The summed E-state index contributed by atoms with van der Waals surface area (Å²) in [5.74, 6) is 2.64. The van der Waals surface area contributed by atoms with Gasteiger partial charge in [-0.15, -0.1) is 0 Å². The van der Waals surface area contributed by atoms with E-state index >= 15 is 0 Å². The Kier molecular flexibility index (Phi) is 5.07. The van der Waals surface area contributed by atoms with Crippen LogP contribution in [0.25, 0.3) is 0 Å². The van der Waals surface area contributed by atoms with Crippen LogP contribution in [0.2, 0.25) is 0 Å². The second kappa shape index (κ2) is 7.05. The minimum absolute atomic E-state index is 0.117. The highest BCUT2D eigenvalue weighted by molar-refractivity contribution is 5.76. The van der Waals surface area contributed by atoms with Crippen molar-refractivity contribution in [1.82, 2.24) is 10.2 Å². The van der Waals surface area contributed by atoms with Crippen LogP contribution in [0, 0.1) is 6.92 Å². The largest absolute Gasteiger partial charge is 0.466 e. The number of nitrogens with zero attached hydrogens (tertiary/aromatic N) is 1. The van der Waals surface area contributed by atoms with Crippen molar-refractivity contribution in [3.63, 3.8) is 0 Å². The van der Waals surface area contributed by atoms with Gasteiger partial charge in [-0.3, -0.25) is 4.79 Å². The Balaban J connectivity index is 1.45. The van der Waals surface area contributed by atoms with Crippen molar-refractivity contribution in [3.8, 4) is 0 Å². The van der Waals surface area contributed by atoms with Crippen molar-refractivity contribution >= 4 is 5.91 Å². The number of nitrogens with one attached hydrogen (secondary N) is 1. The van der Waals surface area contributed by atoms with Crippen molar-refractivity contribution in [3.05, 3.63) is 23.7 Å². The minimum atomic E-state index is -0.133. The van der Waals surface area contributed by atoms with Crippen LogP contribution in [-0.2, 0) is 9.53 Å². The Morgan fingerprint density at radius 2 is 2.13 bits per heavy atom. The predicted octanol–water partition coefficient (Wildman–Crippen LogP) is 2.45. The van der Waals surface area contributed by atoms with Gasteiger partial charge in [0.15, 0.2) is 0 Å². The lowest BCUT2D eigenvalue weighted by atomic mass is 9.90. The number of furan rings is 1. The topological polar surface area (TPSA) is 54.7 Å². The van der Waals surface area contributed by atoms with Gasteiger partial charge in [-0.25, -0.2) is 0 Å². The molecule has 1 aromatic rings. The molecule has 5 nitrogen and oxygen atoms in total. The fourth-order valence-electron chi connectivity index (χ4n) is 3.50. The molecule has 23 heavy (non-hydrogen) atoms. The Morgan fingerprint density at radius 1 is 1.35 bits per heavy atom. The quantitative estimate of drug-likeness (QED) is 0.926. The van der Waals surface area contributed by atoms with Gasteiger partial charge in [-0.1, -0.05) is 6.92 Å². The summed E-state index contributed by atoms with van der Waals surface area (Å²) < 4.78 is 11.7. The summed E-state index contributed by atoms with van der Waals surface area (Å²) in [5.41, 5.74) is -0.133. The van der Waals surface area contributed by atoms with Gasteiger partial charge in [0.05, 0.1) is 12.2 Å². The van der Waals surface area contributed by atoms with Crippen LogP contribution in [-0.4, -0.2) is 49.2 Å². The number of amides is 1. The van der Waals surface area contributed by atoms with E-state index in [1.54, 1.807) is 0 Å². The monoisotopic (exact) mass is 320 g/mol. The Hall–Kier alpha value is -1.33. The Bertz CT molecular complexity index is 532. The lowest BCUT2D eigenvalue weighted by Gasteiger charge is -2.41. The van der Waals surface area contributed by atoms with Crippen LogP contribution in [0.15, 0.2) is 16.5 Å². The molecule has 2 aliphatic heterocycles. The fourth-order valence-corrected chi connectivity index (χ4v) is 3.50. The second-order valence-electron chi connectivity index (χ2n) is 7.04. The van der Waals surface area contributed by atoms with Crippen LogP contribution >= 0.6 is 0 Å². The molecule has 2 aliphatic rings. The van der Waals surface area contributed by atoms with Gasteiger partial charge < -0.3 is 19.4 Å². The molecule has 2 saturated heterocycles. The molecule has 1 unspecified atom stereocenters. The molecule has 0 radical (unpaired) electrons. The number of likely N-dealkylation sites (tertiary alicyclic amines) is 1. The van der Waals surface area contributed by atoms with Crippen LogP contribution < -0.4 is 5.32 Å². The summed E-state index contributed by atoms with van der Waals surface area (Å²) in [6.45, 7) is 8.62. The standard InChI is InChI=1S/C18H28N2O3/c1-14(16-4-3-15(2)23-16)5-9-20-10-7-18(8-11-20)13-19-17(21)6-12-22-18/h3-4,14H,5-13H2,1-2H3,(H,19,21). The van der Waals surface area contributed by atoms with E-state index < -0.39 is 0 Å². The number of carbonyl (C=O) groups excluding carboxylic acids is 1. The number of piperidine rings is 1. The molecule has 2 fully saturated rings. The van der Waals surface area contributed by atoms with Gasteiger partial charge in [-0.05, 0) is 44.9 Å². The molecule has 5 heteroatoms. The van der Waals surface area contributed by atoms with E-state index in [9.17, 15) is 4.79 Å². The summed E-state index contributed by atoms with van der Waals surface area (Å²) in [4.78, 5) is 14.0. The molecule has 0 aliphatic carbocycles. The minimum Gasteiger partial charge on any atom is -0.466 e. The molecular formula is C18H28N2O3. The summed E-state index contributed by atoms with van der Waals surface area (Å²) in [6.07, 6.45) is 3.60. The third-order valence-electron chi connectivity index (χ3n) is 5.24. The molecule has 1 aromatic heterocycles. The maximum Gasteiger partial charge on any atom is 0.222 e. The van der Waals surface area contributed by atoms with Gasteiger partial charge in [0.1, 0.15) is 11.5 Å². The molecule has 0 bridgehead atoms. The number of carbonyl (C=O) groups is 1. The molecule has 128 valence electrons. The molecule has 1 N–H and O–H groups in total. The van der Waals surface area contributed by atoms with E-state index in [2.05, 4.69) is 23.2 Å². The van der Waals surface area contributed by atoms with Gasteiger partial charge in [-0.2, -0.15) is 0 Å². The fraction of sp³-hybridized carbons (Fsp3) is 0.722. The van der Waals surface area contributed by atoms with Crippen molar-refractivity contribution in [2.24, 2.45) is 0 Å². The van der Waals surface area contributed by atoms with Crippen LogP contribution in [0.4, 0.5) is 0 Å². The average Bonchev–Trinajstić information content (AvgIpc) is 2.90. The molecule has 1 spiro atoms. The lowest BCUT2D eigenvalue weighted by Crippen LogP contribution is -2.51. The van der Waals surface area contributed by atoms with E-state index in [1.807, 2.05) is 13.0 Å². The predicted molar refractivity (Wildman–Crippen MR) is 88.5 cm³/mol. The first-order valence-corrected chi connectivity index (χ1v) is 8.76. The highest BCUT2D eigenvalue weighted by Gasteiger charge is 2.37. The van der Waals surface area contributed by atoms with E-state index in [1.165, 1.54) is 0 Å². The zero-order chi connectivity index (χ0) is 16.3. The molecule has 1 amide bonds. The van der Waals surface area contributed by atoms with Gasteiger partial charge >= 0.3 is 0 Å². The maximum atomic E-state index is 11.5. The van der Waals surface area contributed by atoms with Gasteiger partial charge in [0, 0.05) is 32.0 Å². The lowest BCUT2D eigenvalue weighted by molar-refractivity contribution is -0.120. The van der Waals surface area contributed by atoms with Crippen molar-refractivity contribution < 1.29 is 13.9 Å². The maximum absolute atomic E-state index is 11.5. The Labute approximate surface area is 138 Å². The summed E-state index contributed by atoms with van der Waals surface area (Å²) in [6, 6.07) is 4.13. The smallest absolute Gasteiger partial charge is 0.222 e. The number of aryl methyl sites for hydroxylation is 1. The molecule has 1 atom stereocenters. The highest BCUT2D eigenvalue weighted by atomic mass is 16.5. The van der Waals surface area contributed by atoms with Crippen LogP contribution in [0.3, 0.4) is 0 Å². The van der Waals surface area contributed by atoms with E-state index in [-0.39, 0.29) is 11.5 Å². The normalized spacial score (nSPS) is 23.5. The zero-order valence-electron chi connectivity index (χ0n) is 14.3. The van der Waals surface area contributed by atoms with Crippen molar-refractivity contribution in [1.29, 1.82) is 0 Å².